The van der Waals surface area contributed by atoms with Crippen molar-refractivity contribution < 1.29 is 9.69 Å². The fourth-order valence-electron chi connectivity index (χ4n) is 3.61. The van der Waals surface area contributed by atoms with Crippen molar-refractivity contribution in [2.45, 2.75) is 6.92 Å². The van der Waals surface area contributed by atoms with Crippen LogP contribution in [0.3, 0.4) is 0 Å². The normalized spacial score (nSPS) is 15.6. The quantitative estimate of drug-likeness (QED) is 0.694. The zero-order chi connectivity index (χ0) is 17.2. The van der Waals surface area contributed by atoms with Gasteiger partial charge in [0.2, 0.25) is 11.7 Å². The Morgan fingerprint density at radius 1 is 1.16 bits per heavy atom. The van der Waals surface area contributed by atoms with Gasteiger partial charge in [-0.3, -0.25) is 4.79 Å². The average Bonchev–Trinajstić information content (AvgIpc) is 2.99. The molecule has 0 unspecified atom stereocenters. The molecule has 1 aliphatic rings. The van der Waals surface area contributed by atoms with Gasteiger partial charge in [0.25, 0.3) is 0 Å². The van der Waals surface area contributed by atoms with E-state index in [4.69, 9.17) is 0 Å². The summed E-state index contributed by atoms with van der Waals surface area (Å²) in [6, 6.07) is 9.84. The van der Waals surface area contributed by atoms with Crippen LogP contribution in [-0.4, -0.2) is 53.5 Å². The van der Waals surface area contributed by atoms with E-state index in [1.165, 1.54) is 4.90 Å². The number of hydrogen-bond donors (Lipinski definition) is 2. The molecule has 1 fully saturated rings. The first-order valence-corrected chi connectivity index (χ1v) is 8.68. The maximum atomic E-state index is 12.9. The van der Waals surface area contributed by atoms with Gasteiger partial charge in [0, 0.05) is 29.0 Å². The van der Waals surface area contributed by atoms with Crippen LogP contribution < -0.4 is 9.80 Å². The van der Waals surface area contributed by atoms with Crippen LogP contribution in [0, 0.1) is 6.92 Å². The van der Waals surface area contributed by atoms with Gasteiger partial charge in [-0.25, -0.2) is 9.97 Å². The number of piperazine rings is 1. The second kappa shape index (κ2) is 6.64. The molecule has 2 N–H and O–H groups in total. The van der Waals surface area contributed by atoms with Crippen LogP contribution in [0.15, 0.2) is 42.7 Å². The van der Waals surface area contributed by atoms with Gasteiger partial charge in [0.05, 0.1) is 31.7 Å². The first-order valence-electron chi connectivity index (χ1n) is 8.68. The molecule has 2 aromatic heterocycles. The standard InChI is InChI=1S/C19H21N5O/c1-14-18(15-5-2-3-6-16(15)22-14)17(25)13-23-9-11-24(12-10-23)19-20-7-4-8-21-19/h2-8,22H,9-13H2,1H3/p+1. The number of carbonyl (C=O) groups is 1. The summed E-state index contributed by atoms with van der Waals surface area (Å²) < 4.78 is 0. The maximum absolute atomic E-state index is 12.9. The highest BCUT2D eigenvalue weighted by Gasteiger charge is 2.25. The molecule has 128 valence electrons. The van der Waals surface area contributed by atoms with Crippen LogP contribution in [-0.2, 0) is 0 Å². The average molecular weight is 336 g/mol. The fraction of sp³-hybridized carbons (Fsp3) is 0.316. The van der Waals surface area contributed by atoms with Crippen LogP contribution in [0.2, 0.25) is 0 Å². The number of fused-ring (bicyclic) bond motifs is 1. The second-order valence-electron chi connectivity index (χ2n) is 6.56. The van der Waals surface area contributed by atoms with Crippen molar-refractivity contribution in [2.24, 2.45) is 0 Å². The summed E-state index contributed by atoms with van der Waals surface area (Å²) in [5, 5.41) is 1.03. The number of benzene rings is 1. The molecule has 0 bridgehead atoms. The van der Waals surface area contributed by atoms with Crippen molar-refractivity contribution in [3.63, 3.8) is 0 Å². The van der Waals surface area contributed by atoms with Crippen molar-refractivity contribution in [2.75, 3.05) is 37.6 Å². The van der Waals surface area contributed by atoms with Gasteiger partial charge in [-0.2, -0.15) is 0 Å². The van der Waals surface area contributed by atoms with E-state index >= 15 is 0 Å². The van der Waals surface area contributed by atoms with E-state index in [-0.39, 0.29) is 5.78 Å². The number of nitrogens with one attached hydrogen (secondary N) is 2. The number of quaternary nitrogens is 1. The number of aromatic nitrogens is 3. The monoisotopic (exact) mass is 336 g/mol. The lowest BCUT2D eigenvalue weighted by Gasteiger charge is -2.31. The molecule has 6 heteroatoms. The lowest BCUT2D eigenvalue weighted by atomic mass is 10.1. The molecule has 6 nitrogen and oxygen atoms in total. The summed E-state index contributed by atoms with van der Waals surface area (Å²) in [5.74, 6) is 0.995. The van der Waals surface area contributed by atoms with Crippen LogP contribution in [0.4, 0.5) is 5.95 Å². The van der Waals surface area contributed by atoms with Crippen molar-refractivity contribution in [3.8, 4) is 0 Å². The third-order valence-corrected chi connectivity index (χ3v) is 4.89. The number of aromatic amines is 1. The number of nitrogens with zero attached hydrogens (tertiary/aromatic N) is 3. The Morgan fingerprint density at radius 2 is 1.88 bits per heavy atom. The van der Waals surface area contributed by atoms with E-state index in [9.17, 15) is 4.79 Å². The third kappa shape index (κ3) is 3.13. The minimum Gasteiger partial charge on any atom is -0.358 e. The molecule has 0 saturated carbocycles. The van der Waals surface area contributed by atoms with Crippen LogP contribution in [0.1, 0.15) is 16.1 Å². The highest BCUT2D eigenvalue weighted by molar-refractivity contribution is 6.09. The number of rotatable bonds is 4. The first-order chi connectivity index (χ1) is 12.2. The van der Waals surface area contributed by atoms with E-state index in [0.29, 0.717) is 6.54 Å². The van der Waals surface area contributed by atoms with Crippen LogP contribution >= 0.6 is 0 Å². The third-order valence-electron chi connectivity index (χ3n) is 4.89. The Morgan fingerprint density at radius 3 is 2.64 bits per heavy atom. The van der Waals surface area contributed by atoms with E-state index in [0.717, 1.165) is 54.3 Å². The van der Waals surface area contributed by atoms with Gasteiger partial charge in [-0.1, -0.05) is 18.2 Å². The van der Waals surface area contributed by atoms with Gasteiger partial charge >= 0.3 is 0 Å². The Bertz CT molecular complexity index is 881. The smallest absolute Gasteiger partial charge is 0.225 e. The number of hydrogen-bond acceptors (Lipinski definition) is 4. The fourth-order valence-corrected chi connectivity index (χ4v) is 3.61. The van der Waals surface area contributed by atoms with E-state index in [2.05, 4.69) is 19.9 Å². The largest absolute Gasteiger partial charge is 0.358 e. The van der Waals surface area contributed by atoms with Crippen molar-refractivity contribution in [3.05, 3.63) is 54.0 Å². The van der Waals surface area contributed by atoms with Crippen molar-refractivity contribution >= 4 is 22.6 Å². The van der Waals surface area contributed by atoms with Gasteiger partial charge in [0.15, 0.2) is 0 Å². The molecule has 1 saturated heterocycles. The molecule has 0 amide bonds. The highest BCUT2D eigenvalue weighted by Crippen LogP contribution is 2.21. The molecule has 4 rings (SSSR count). The minimum absolute atomic E-state index is 0.217. The summed E-state index contributed by atoms with van der Waals surface area (Å²) in [7, 11) is 0. The molecule has 25 heavy (non-hydrogen) atoms. The maximum Gasteiger partial charge on any atom is 0.225 e. The first kappa shape index (κ1) is 15.8. The summed E-state index contributed by atoms with van der Waals surface area (Å²) in [6.07, 6.45) is 3.54. The van der Waals surface area contributed by atoms with E-state index < -0.39 is 0 Å². The number of ketones is 1. The van der Waals surface area contributed by atoms with Gasteiger partial charge in [-0.05, 0) is 19.1 Å². The summed E-state index contributed by atoms with van der Waals surface area (Å²) >= 11 is 0. The number of aryl methyl sites for hydroxylation is 1. The molecular weight excluding hydrogens is 314 g/mol. The van der Waals surface area contributed by atoms with Crippen LogP contribution in [0.5, 0.6) is 0 Å². The van der Waals surface area contributed by atoms with Crippen molar-refractivity contribution in [1.82, 2.24) is 15.0 Å². The van der Waals surface area contributed by atoms with Gasteiger partial charge in [0.1, 0.15) is 6.54 Å². The molecule has 1 aromatic carbocycles. The number of H-pyrrole nitrogens is 1. The lowest BCUT2D eigenvalue weighted by molar-refractivity contribution is -0.892. The van der Waals surface area contributed by atoms with Gasteiger partial charge in [-0.15, -0.1) is 0 Å². The Kier molecular flexibility index (Phi) is 4.19. The molecule has 0 spiro atoms. The molecule has 1 aliphatic heterocycles. The minimum atomic E-state index is 0.217. The molecule has 3 aromatic rings. The SMILES string of the molecule is Cc1[nH]c2ccccc2c1C(=O)C[NH+]1CCN(c2ncccn2)CC1. The Balaban J connectivity index is 1.43. The van der Waals surface area contributed by atoms with E-state index in [1.807, 2.05) is 37.3 Å². The zero-order valence-corrected chi connectivity index (χ0v) is 14.3. The topological polar surface area (TPSA) is 66.3 Å². The zero-order valence-electron chi connectivity index (χ0n) is 14.3. The number of Topliss-reactive ketones (excluding diaryl/α,β-unsaturated/α-hetero) is 1. The molecule has 0 aliphatic carbocycles. The molecule has 0 radical (unpaired) electrons. The Labute approximate surface area is 146 Å². The van der Waals surface area contributed by atoms with E-state index in [1.54, 1.807) is 12.4 Å². The molecular formula is C19H22N5O+. The predicted molar refractivity (Wildman–Crippen MR) is 97.2 cm³/mol. The van der Waals surface area contributed by atoms with Crippen LogP contribution in [0.25, 0.3) is 10.9 Å². The number of anilines is 1. The summed E-state index contributed by atoms with van der Waals surface area (Å²) in [5.41, 5.74) is 2.84. The van der Waals surface area contributed by atoms with Gasteiger partial charge < -0.3 is 14.8 Å². The number of para-hydroxylation sites is 1. The summed E-state index contributed by atoms with van der Waals surface area (Å²) in [6.45, 7) is 6.11. The number of carbonyl (C=O) groups excluding carboxylic acids is 1. The predicted octanol–water partition coefficient (Wildman–Crippen LogP) is 0.854. The Hall–Kier alpha value is -2.73. The highest BCUT2D eigenvalue weighted by atomic mass is 16.1. The summed E-state index contributed by atoms with van der Waals surface area (Å²) in [4.78, 5) is 28.3. The molecule has 0 atom stereocenters. The van der Waals surface area contributed by atoms with Crippen molar-refractivity contribution in [1.29, 1.82) is 0 Å². The lowest BCUT2D eigenvalue weighted by Crippen LogP contribution is -3.15. The molecule has 3 heterocycles. The second-order valence-corrected chi connectivity index (χ2v) is 6.56.